The van der Waals surface area contributed by atoms with E-state index in [2.05, 4.69) is 20.8 Å². The van der Waals surface area contributed by atoms with Crippen LogP contribution in [-0.4, -0.2) is 18.7 Å². The van der Waals surface area contributed by atoms with Crippen molar-refractivity contribution >= 4 is 12.0 Å². The Morgan fingerprint density at radius 2 is 1.83 bits per heavy atom. The van der Waals surface area contributed by atoms with E-state index in [0.29, 0.717) is 12.5 Å². The van der Waals surface area contributed by atoms with Crippen molar-refractivity contribution in [3.05, 3.63) is 35.9 Å². The van der Waals surface area contributed by atoms with Gasteiger partial charge in [-0.25, -0.2) is 4.79 Å². The molecule has 0 spiro atoms. The predicted octanol–water partition coefficient (Wildman–Crippen LogP) is 5.64. The minimum absolute atomic E-state index is 0.209. The highest BCUT2D eigenvalue weighted by Crippen LogP contribution is 2.16. The number of carbonyl (C=O) groups excluding carboxylic acids is 1. The van der Waals surface area contributed by atoms with E-state index >= 15 is 0 Å². The van der Waals surface area contributed by atoms with E-state index in [0.717, 1.165) is 30.6 Å². The molecule has 0 radical (unpaired) electrons. The van der Waals surface area contributed by atoms with Crippen molar-refractivity contribution in [3.8, 4) is 5.75 Å². The molecule has 0 amide bonds. The van der Waals surface area contributed by atoms with Gasteiger partial charge < -0.3 is 9.47 Å². The van der Waals surface area contributed by atoms with Crippen LogP contribution in [0.4, 0.5) is 0 Å². The standard InChI is InChI=1S/C21H32O3/c1-5-8-9-18(7-3)16-23-21(22)15-12-19-10-13-20(14-11-19)24-17(4)6-2/h10-15,17-18H,5-9,16H2,1-4H3/b15-12+. The number of rotatable bonds is 11. The van der Waals surface area contributed by atoms with Gasteiger partial charge in [-0.15, -0.1) is 0 Å². The summed E-state index contributed by atoms with van der Waals surface area (Å²) < 4.78 is 11.1. The highest BCUT2D eigenvalue weighted by molar-refractivity contribution is 5.87. The third kappa shape index (κ3) is 8.19. The molecule has 134 valence electrons. The number of ether oxygens (including phenoxy) is 2. The molecule has 2 atom stereocenters. The highest BCUT2D eigenvalue weighted by Gasteiger charge is 2.08. The first-order valence-corrected chi connectivity index (χ1v) is 9.20. The Morgan fingerprint density at radius 3 is 2.42 bits per heavy atom. The fourth-order valence-corrected chi connectivity index (χ4v) is 2.28. The Kier molecular flexibility index (Phi) is 9.90. The van der Waals surface area contributed by atoms with Crippen LogP contribution in [0.25, 0.3) is 6.08 Å². The van der Waals surface area contributed by atoms with Gasteiger partial charge in [0.25, 0.3) is 0 Å². The van der Waals surface area contributed by atoms with E-state index in [-0.39, 0.29) is 12.1 Å². The van der Waals surface area contributed by atoms with Crippen LogP contribution in [-0.2, 0) is 9.53 Å². The summed E-state index contributed by atoms with van der Waals surface area (Å²) in [5.41, 5.74) is 0.960. The first-order valence-electron chi connectivity index (χ1n) is 9.20. The molecule has 1 aromatic rings. The lowest BCUT2D eigenvalue weighted by atomic mass is 10.0. The average Bonchev–Trinajstić information content (AvgIpc) is 2.61. The number of benzene rings is 1. The molecule has 1 rings (SSSR count). The van der Waals surface area contributed by atoms with Crippen molar-refractivity contribution in [3.63, 3.8) is 0 Å². The van der Waals surface area contributed by atoms with Crippen LogP contribution in [0.5, 0.6) is 5.75 Å². The first-order chi connectivity index (χ1) is 11.6. The van der Waals surface area contributed by atoms with Crippen LogP contribution in [0.15, 0.2) is 30.3 Å². The molecule has 3 heteroatoms. The summed E-state index contributed by atoms with van der Waals surface area (Å²) in [5.74, 6) is 1.05. The van der Waals surface area contributed by atoms with E-state index in [1.54, 1.807) is 6.08 Å². The zero-order valence-corrected chi connectivity index (χ0v) is 15.6. The van der Waals surface area contributed by atoms with Gasteiger partial charge in [-0.3, -0.25) is 0 Å². The van der Waals surface area contributed by atoms with E-state index in [9.17, 15) is 4.79 Å². The molecule has 24 heavy (non-hydrogen) atoms. The van der Waals surface area contributed by atoms with Gasteiger partial charge in [0.05, 0.1) is 12.7 Å². The molecule has 0 fully saturated rings. The minimum atomic E-state index is -0.273. The van der Waals surface area contributed by atoms with Gasteiger partial charge in [-0.05, 0) is 49.5 Å². The highest BCUT2D eigenvalue weighted by atomic mass is 16.5. The molecule has 0 N–H and O–H groups in total. The number of hydrogen-bond donors (Lipinski definition) is 0. The van der Waals surface area contributed by atoms with Gasteiger partial charge >= 0.3 is 5.97 Å². The summed E-state index contributed by atoms with van der Waals surface area (Å²) in [6.45, 7) is 8.99. The number of unbranched alkanes of at least 4 members (excludes halogenated alkanes) is 1. The fourth-order valence-electron chi connectivity index (χ4n) is 2.28. The maximum atomic E-state index is 11.8. The third-order valence-corrected chi connectivity index (χ3v) is 4.21. The molecule has 0 aromatic heterocycles. The molecule has 0 saturated carbocycles. The van der Waals surface area contributed by atoms with Crippen LogP contribution in [0.3, 0.4) is 0 Å². The van der Waals surface area contributed by atoms with E-state index in [1.165, 1.54) is 18.9 Å². The fraction of sp³-hybridized carbons (Fsp3) is 0.571. The maximum absolute atomic E-state index is 11.8. The van der Waals surface area contributed by atoms with Crippen molar-refractivity contribution in [2.24, 2.45) is 5.92 Å². The largest absolute Gasteiger partial charge is 0.491 e. The number of carbonyl (C=O) groups is 1. The molecule has 2 unspecified atom stereocenters. The minimum Gasteiger partial charge on any atom is -0.491 e. The van der Waals surface area contributed by atoms with Gasteiger partial charge in [-0.1, -0.05) is 52.2 Å². The van der Waals surface area contributed by atoms with Gasteiger partial charge in [0.15, 0.2) is 0 Å². The van der Waals surface area contributed by atoms with Gasteiger partial charge in [-0.2, -0.15) is 0 Å². The normalized spacial score (nSPS) is 13.7. The Hall–Kier alpha value is -1.77. The predicted molar refractivity (Wildman–Crippen MR) is 100 cm³/mol. The summed E-state index contributed by atoms with van der Waals surface area (Å²) in [5, 5.41) is 0. The smallest absolute Gasteiger partial charge is 0.330 e. The van der Waals surface area contributed by atoms with Crippen LogP contribution in [0.2, 0.25) is 0 Å². The van der Waals surface area contributed by atoms with Gasteiger partial charge in [0, 0.05) is 6.08 Å². The van der Waals surface area contributed by atoms with E-state index in [4.69, 9.17) is 9.47 Å². The Bertz CT molecular complexity index is 490. The lowest BCUT2D eigenvalue weighted by molar-refractivity contribution is -0.139. The second-order valence-corrected chi connectivity index (χ2v) is 6.29. The average molecular weight is 332 g/mol. The quantitative estimate of drug-likeness (QED) is 0.389. The summed E-state index contributed by atoms with van der Waals surface area (Å²) >= 11 is 0. The van der Waals surface area contributed by atoms with Crippen molar-refractivity contribution in [1.29, 1.82) is 0 Å². The molecule has 0 aliphatic rings. The van der Waals surface area contributed by atoms with Crippen LogP contribution < -0.4 is 4.74 Å². The zero-order valence-electron chi connectivity index (χ0n) is 15.6. The zero-order chi connectivity index (χ0) is 17.8. The summed E-state index contributed by atoms with van der Waals surface area (Å²) in [4.78, 5) is 11.8. The number of hydrogen-bond acceptors (Lipinski definition) is 3. The van der Waals surface area contributed by atoms with Crippen LogP contribution >= 0.6 is 0 Å². The maximum Gasteiger partial charge on any atom is 0.330 e. The number of esters is 1. The molecule has 3 nitrogen and oxygen atoms in total. The van der Waals surface area contributed by atoms with Gasteiger partial charge in [0.1, 0.15) is 5.75 Å². The molecule has 0 aliphatic carbocycles. The Morgan fingerprint density at radius 1 is 1.12 bits per heavy atom. The molecule has 0 saturated heterocycles. The van der Waals surface area contributed by atoms with E-state index in [1.807, 2.05) is 31.2 Å². The Balaban J connectivity index is 2.43. The molecule has 1 aromatic carbocycles. The summed E-state index contributed by atoms with van der Waals surface area (Å²) in [7, 11) is 0. The second kappa shape index (κ2) is 11.7. The topological polar surface area (TPSA) is 35.5 Å². The van der Waals surface area contributed by atoms with Crippen molar-refractivity contribution < 1.29 is 14.3 Å². The summed E-state index contributed by atoms with van der Waals surface area (Å²) in [6, 6.07) is 7.74. The van der Waals surface area contributed by atoms with Gasteiger partial charge in [0.2, 0.25) is 0 Å². The van der Waals surface area contributed by atoms with Crippen LogP contribution in [0.1, 0.15) is 65.4 Å². The van der Waals surface area contributed by atoms with Crippen LogP contribution in [0, 0.1) is 5.92 Å². The molecule has 0 aliphatic heterocycles. The molecule has 0 heterocycles. The van der Waals surface area contributed by atoms with Crippen molar-refractivity contribution in [1.82, 2.24) is 0 Å². The van der Waals surface area contributed by atoms with E-state index < -0.39 is 0 Å². The SMILES string of the molecule is CCCCC(CC)COC(=O)/C=C/c1ccc(OC(C)CC)cc1. The van der Waals surface area contributed by atoms with Crippen molar-refractivity contribution in [2.45, 2.75) is 65.9 Å². The third-order valence-electron chi connectivity index (χ3n) is 4.21. The second-order valence-electron chi connectivity index (χ2n) is 6.29. The Labute approximate surface area is 147 Å². The van der Waals surface area contributed by atoms with Crippen molar-refractivity contribution in [2.75, 3.05) is 6.61 Å². The molecule has 0 bridgehead atoms. The lowest BCUT2D eigenvalue weighted by Gasteiger charge is -2.13. The lowest BCUT2D eigenvalue weighted by Crippen LogP contribution is -2.12. The first kappa shape index (κ1) is 20.3. The monoisotopic (exact) mass is 332 g/mol. The molecular formula is C21H32O3. The summed E-state index contributed by atoms with van der Waals surface area (Å²) in [6.07, 6.45) is 9.01. The molecular weight excluding hydrogens is 300 g/mol.